The molecule has 1 aromatic rings. The number of likely N-dealkylation sites (tertiary alicyclic amines) is 1. The highest BCUT2D eigenvalue weighted by Crippen LogP contribution is 2.77. The molecule has 1 aromatic carbocycles. The van der Waals surface area contributed by atoms with E-state index >= 15 is 0 Å². The van der Waals surface area contributed by atoms with Crippen LogP contribution in [0, 0.1) is 50.7 Å². The lowest BCUT2D eigenvalue weighted by atomic mass is 9.32. The van der Waals surface area contributed by atoms with E-state index in [2.05, 4.69) is 58.1 Å². The number of hydrogen-bond donors (Lipinski definition) is 1. The number of alkyl carbamates (subject to hydrolysis) is 1. The SMILES string of the molecule is CC(=O)c1ccc(C2=CCC3(C)C(CCC4(C)C3CCC3C5CCCC5(CNC(=O)OCCCN5CCCC5=O)CC[C@]34C)C2(C)C)cc1. The van der Waals surface area contributed by atoms with Crippen LogP contribution >= 0.6 is 0 Å². The van der Waals surface area contributed by atoms with Gasteiger partial charge in [-0.3, -0.25) is 9.59 Å². The number of nitrogens with one attached hydrogen (secondary N) is 1. The Labute approximate surface area is 295 Å². The van der Waals surface area contributed by atoms with Crippen molar-refractivity contribution in [1.82, 2.24) is 10.2 Å². The van der Waals surface area contributed by atoms with Crippen LogP contribution in [0.15, 0.2) is 30.3 Å². The van der Waals surface area contributed by atoms with Gasteiger partial charge in [0.1, 0.15) is 0 Å². The van der Waals surface area contributed by atoms with Crippen molar-refractivity contribution in [2.45, 2.75) is 125 Å². The molecule has 6 aliphatic rings. The lowest BCUT2D eigenvalue weighted by Gasteiger charge is -2.72. The van der Waals surface area contributed by atoms with Gasteiger partial charge in [0, 0.05) is 31.6 Å². The third kappa shape index (κ3) is 5.52. The molecule has 0 radical (unpaired) electrons. The molecule has 7 unspecified atom stereocenters. The van der Waals surface area contributed by atoms with Crippen molar-refractivity contribution < 1.29 is 19.1 Å². The van der Waals surface area contributed by atoms with Crippen molar-refractivity contribution in [3.63, 3.8) is 0 Å². The Hall–Kier alpha value is -2.63. The first-order valence-electron chi connectivity index (χ1n) is 19.8. The maximum Gasteiger partial charge on any atom is 0.407 e. The Kier molecular flexibility index (Phi) is 8.91. The van der Waals surface area contributed by atoms with E-state index in [0.717, 1.165) is 31.5 Å². The number of hydrogen-bond acceptors (Lipinski definition) is 4. The fraction of sp³-hybridized carbons (Fsp3) is 0.744. The summed E-state index contributed by atoms with van der Waals surface area (Å²) in [5.74, 6) is 3.07. The van der Waals surface area contributed by atoms with Gasteiger partial charge in [0.05, 0.1) is 6.61 Å². The van der Waals surface area contributed by atoms with Gasteiger partial charge in [0.15, 0.2) is 5.78 Å². The Bertz CT molecular complexity index is 1500. The summed E-state index contributed by atoms with van der Waals surface area (Å²) in [6, 6.07) is 8.37. The summed E-state index contributed by atoms with van der Waals surface area (Å²) in [5, 5.41) is 3.24. The number of carbonyl (C=O) groups excluding carboxylic acids is 3. The van der Waals surface area contributed by atoms with Crippen LogP contribution in [0.2, 0.25) is 0 Å². The molecule has 6 heteroatoms. The molecule has 4 saturated carbocycles. The molecule has 49 heavy (non-hydrogen) atoms. The monoisotopic (exact) mass is 670 g/mol. The predicted molar refractivity (Wildman–Crippen MR) is 195 cm³/mol. The zero-order chi connectivity index (χ0) is 34.8. The molecule has 1 aliphatic heterocycles. The minimum absolute atomic E-state index is 0.0723. The van der Waals surface area contributed by atoms with E-state index in [1.165, 1.54) is 68.9 Å². The summed E-state index contributed by atoms with van der Waals surface area (Å²) >= 11 is 0. The van der Waals surface area contributed by atoms with Gasteiger partial charge in [-0.25, -0.2) is 4.79 Å². The summed E-state index contributed by atoms with van der Waals surface area (Å²) in [7, 11) is 0. The molecule has 268 valence electrons. The summed E-state index contributed by atoms with van der Waals surface area (Å²) < 4.78 is 5.61. The minimum atomic E-state index is -0.287. The maximum absolute atomic E-state index is 12.9. The highest BCUT2D eigenvalue weighted by molar-refractivity contribution is 5.94. The van der Waals surface area contributed by atoms with Crippen molar-refractivity contribution in [3.05, 3.63) is 41.5 Å². The minimum Gasteiger partial charge on any atom is -0.449 e. The van der Waals surface area contributed by atoms with Crippen molar-refractivity contribution in [2.24, 2.45) is 50.7 Å². The predicted octanol–water partition coefficient (Wildman–Crippen LogP) is 9.48. The third-order valence-electron chi connectivity index (χ3n) is 16.3. The number of rotatable bonds is 8. The molecule has 1 heterocycles. The molecule has 0 spiro atoms. The number of carbonyl (C=O) groups is 3. The molecule has 5 aliphatic carbocycles. The number of Topliss-reactive ketones (excluding diaryl/α,β-unsaturated/α-hetero) is 1. The van der Waals surface area contributed by atoms with Gasteiger partial charge in [0.25, 0.3) is 0 Å². The van der Waals surface area contributed by atoms with Crippen molar-refractivity contribution >= 4 is 23.4 Å². The maximum atomic E-state index is 12.9. The van der Waals surface area contributed by atoms with Crippen LogP contribution < -0.4 is 5.32 Å². The van der Waals surface area contributed by atoms with Gasteiger partial charge in [-0.2, -0.15) is 0 Å². The fourth-order valence-corrected chi connectivity index (χ4v) is 13.7. The number of ketones is 1. The van der Waals surface area contributed by atoms with E-state index in [1.807, 2.05) is 17.0 Å². The van der Waals surface area contributed by atoms with E-state index in [9.17, 15) is 14.4 Å². The highest BCUT2D eigenvalue weighted by atomic mass is 16.5. The number of amides is 2. The molecular weight excluding hydrogens is 608 g/mol. The summed E-state index contributed by atoms with van der Waals surface area (Å²) in [4.78, 5) is 38.6. The van der Waals surface area contributed by atoms with E-state index in [1.54, 1.807) is 6.92 Å². The zero-order valence-electron chi connectivity index (χ0n) is 31.3. The van der Waals surface area contributed by atoms with E-state index < -0.39 is 0 Å². The molecule has 5 fully saturated rings. The molecule has 1 saturated heterocycles. The molecule has 2 amide bonds. The molecule has 8 atom stereocenters. The first-order valence-corrected chi connectivity index (χ1v) is 19.8. The average molecular weight is 671 g/mol. The van der Waals surface area contributed by atoms with Crippen molar-refractivity contribution in [2.75, 3.05) is 26.2 Å². The quantitative estimate of drug-likeness (QED) is 0.221. The second-order valence-corrected chi connectivity index (χ2v) is 18.5. The topological polar surface area (TPSA) is 75.7 Å². The first kappa shape index (κ1) is 34.8. The highest BCUT2D eigenvalue weighted by Gasteiger charge is 2.69. The molecule has 7 rings (SSSR count). The van der Waals surface area contributed by atoms with E-state index in [4.69, 9.17) is 4.74 Å². The van der Waals surface area contributed by atoms with Gasteiger partial charge >= 0.3 is 6.09 Å². The Morgan fingerprint density at radius 3 is 2.37 bits per heavy atom. The lowest BCUT2D eigenvalue weighted by molar-refractivity contribution is -0.222. The summed E-state index contributed by atoms with van der Waals surface area (Å²) in [6.45, 7) is 17.3. The van der Waals surface area contributed by atoms with Crippen LogP contribution in [-0.2, 0) is 9.53 Å². The largest absolute Gasteiger partial charge is 0.449 e. The van der Waals surface area contributed by atoms with Gasteiger partial charge in [-0.05, 0) is 139 Å². The molecule has 0 aromatic heterocycles. The average Bonchev–Trinajstić information content (AvgIpc) is 3.68. The van der Waals surface area contributed by atoms with Crippen LogP contribution in [-0.4, -0.2) is 48.9 Å². The van der Waals surface area contributed by atoms with Gasteiger partial charge in [0.2, 0.25) is 5.91 Å². The molecular formula is C43H62N2O4. The number of allylic oxidation sites excluding steroid dienone is 2. The van der Waals surface area contributed by atoms with Crippen LogP contribution in [0.25, 0.3) is 5.57 Å². The van der Waals surface area contributed by atoms with Crippen LogP contribution in [0.5, 0.6) is 0 Å². The Morgan fingerprint density at radius 2 is 1.65 bits per heavy atom. The fourth-order valence-electron chi connectivity index (χ4n) is 13.7. The molecule has 6 nitrogen and oxygen atoms in total. The summed E-state index contributed by atoms with van der Waals surface area (Å²) in [6.07, 6.45) is 17.2. The normalized spacial score (nSPS) is 39.3. The first-order chi connectivity index (χ1) is 23.3. The number of benzene rings is 1. The third-order valence-corrected chi connectivity index (χ3v) is 16.3. The van der Waals surface area contributed by atoms with Crippen LogP contribution in [0.3, 0.4) is 0 Å². The number of fused-ring (bicyclic) bond motifs is 7. The molecule has 0 bridgehead atoms. The number of nitrogens with zero attached hydrogens (tertiary/aromatic N) is 1. The van der Waals surface area contributed by atoms with Gasteiger partial charge in [-0.1, -0.05) is 71.4 Å². The smallest absolute Gasteiger partial charge is 0.407 e. The van der Waals surface area contributed by atoms with Crippen LogP contribution in [0.1, 0.15) is 141 Å². The second kappa shape index (κ2) is 12.5. The van der Waals surface area contributed by atoms with E-state index in [0.29, 0.717) is 60.5 Å². The number of ether oxygens (including phenoxy) is 1. The Balaban J connectivity index is 1.04. The lowest BCUT2D eigenvalue weighted by Crippen LogP contribution is -2.65. The second-order valence-electron chi connectivity index (χ2n) is 18.5. The molecule has 1 N–H and O–H groups in total. The van der Waals surface area contributed by atoms with Crippen LogP contribution in [0.4, 0.5) is 4.79 Å². The zero-order valence-corrected chi connectivity index (χ0v) is 31.3. The van der Waals surface area contributed by atoms with Gasteiger partial charge in [-0.15, -0.1) is 0 Å². The van der Waals surface area contributed by atoms with E-state index in [-0.39, 0.29) is 34.0 Å². The summed E-state index contributed by atoms with van der Waals surface area (Å²) in [5.41, 5.74) is 4.69. The van der Waals surface area contributed by atoms with Gasteiger partial charge < -0.3 is 15.0 Å². The van der Waals surface area contributed by atoms with Crippen molar-refractivity contribution in [3.8, 4) is 0 Å². The van der Waals surface area contributed by atoms with Crippen molar-refractivity contribution in [1.29, 1.82) is 0 Å². The Morgan fingerprint density at radius 1 is 0.878 bits per heavy atom. The standard InChI is InChI=1S/C43H62N2O4/c1-29(46)30-12-14-31(15-13-30)32-18-21-40(4)35(39(32,2)3)19-22-42(6)36(40)17-16-33-34-10-7-20-43(34,24-23-41(33,42)5)28-44-38(48)49-27-9-26-45-25-8-11-37(45)47/h12-15,18,33-36H,7-11,16-17,19-28H2,1-6H3,(H,44,48)/t33?,34?,35?,36?,40?,41-,42?,43?/m1/s1.